The Bertz CT molecular complexity index is 638. The van der Waals surface area contributed by atoms with E-state index in [1.807, 2.05) is 29.2 Å². The predicted molar refractivity (Wildman–Crippen MR) is 106 cm³/mol. The predicted octanol–water partition coefficient (Wildman–Crippen LogP) is 2.67. The molecule has 5 nitrogen and oxygen atoms in total. The van der Waals surface area contributed by atoms with Crippen LogP contribution in [0.2, 0.25) is 0 Å². The molecule has 1 aromatic carbocycles. The van der Waals surface area contributed by atoms with Gasteiger partial charge in [0.25, 0.3) is 5.91 Å². The molecule has 1 unspecified atom stereocenters. The van der Waals surface area contributed by atoms with Crippen molar-refractivity contribution in [3.05, 3.63) is 42.0 Å². The normalized spacial score (nSPS) is 22.2. The second-order valence-corrected chi connectivity index (χ2v) is 7.44. The van der Waals surface area contributed by atoms with Crippen molar-refractivity contribution in [3.63, 3.8) is 0 Å². The zero-order chi connectivity index (χ0) is 18.5. The molecule has 1 fully saturated rings. The Kier molecular flexibility index (Phi) is 6.33. The van der Waals surface area contributed by atoms with Crippen molar-refractivity contribution in [1.29, 1.82) is 0 Å². The summed E-state index contributed by atoms with van der Waals surface area (Å²) in [6, 6.07) is 5.84. The van der Waals surface area contributed by atoms with Crippen LogP contribution in [0, 0.1) is 0 Å². The molecule has 2 heterocycles. The van der Waals surface area contributed by atoms with E-state index < -0.39 is 6.10 Å². The molecule has 1 amide bonds. The molecule has 0 aliphatic carbocycles. The lowest BCUT2D eigenvalue weighted by atomic mass is 9.99. The third-order valence-corrected chi connectivity index (χ3v) is 5.56. The number of piperazine rings is 1. The molecule has 3 rings (SSSR count). The third-order valence-electron chi connectivity index (χ3n) is 5.56. The number of aliphatic hydroxyl groups excluding tert-OH is 1. The fourth-order valence-electron chi connectivity index (χ4n) is 3.94. The summed E-state index contributed by atoms with van der Waals surface area (Å²) in [4.78, 5) is 19.4. The summed E-state index contributed by atoms with van der Waals surface area (Å²) >= 11 is 0. The van der Waals surface area contributed by atoms with Crippen LogP contribution in [-0.2, 0) is 0 Å². The van der Waals surface area contributed by atoms with Gasteiger partial charge in [-0.15, -0.1) is 6.58 Å². The second kappa shape index (κ2) is 8.69. The van der Waals surface area contributed by atoms with Gasteiger partial charge in [0.15, 0.2) is 0 Å². The zero-order valence-corrected chi connectivity index (χ0v) is 15.9. The van der Waals surface area contributed by atoms with E-state index in [2.05, 4.69) is 23.4 Å². The summed E-state index contributed by atoms with van der Waals surface area (Å²) in [7, 11) is 2.07. The first-order chi connectivity index (χ1) is 12.6. The number of nitrogens with zero attached hydrogens (tertiary/aromatic N) is 3. The van der Waals surface area contributed by atoms with Crippen molar-refractivity contribution >= 4 is 11.6 Å². The van der Waals surface area contributed by atoms with Gasteiger partial charge in [-0.2, -0.15) is 0 Å². The number of hydrogen-bond acceptors (Lipinski definition) is 4. The molecule has 1 atom stereocenters. The van der Waals surface area contributed by atoms with Crippen LogP contribution in [0.5, 0.6) is 0 Å². The van der Waals surface area contributed by atoms with Crippen LogP contribution in [0.25, 0.3) is 0 Å². The third kappa shape index (κ3) is 4.27. The van der Waals surface area contributed by atoms with Crippen LogP contribution in [0.4, 0.5) is 5.69 Å². The standard InChI is InChI=1S/C21H31N3O2/c1-3-10-23-12-14-24(15-13-23)21(26)17-8-9-19-18(16-17)20(25)7-5-4-6-11-22(19)2/h3,8-9,16,20,25H,1,4-7,10-15H2,2H3. The van der Waals surface area contributed by atoms with E-state index >= 15 is 0 Å². The van der Waals surface area contributed by atoms with Gasteiger partial charge in [0, 0.05) is 63.1 Å². The molecule has 0 spiro atoms. The van der Waals surface area contributed by atoms with E-state index in [0.29, 0.717) is 5.56 Å². The van der Waals surface area contributed by atoms with Gasteiger partial charge in [0.1, 0.15) is 0 Å². The molecule has 2 aliphatic heterocycles. The van der Waals surface area contributed by atoms with E-state index in [1.165, 1.54) is 0 Å². The molecular weight excluding hydrogens is 326 g/mol. The van der Waals surface area contributed by atoms with Gasteiger partial charge < -0.3 is 14.9 Å². The number of amides is 1. The number of hydrogen-bond donors (Lipinski definition) is 1. The lowest BCUT2D eigenvalue weighted by Gasteiger charge is -2.34. The van der Waals surface area contributed by atoms with Crippen LogP contribution < -0.4 is 4.90 Å². The first kappa shape index (κ1) is 18.9. The van der Waals surface area contributed by atoms with Gasteiger partial charge in [-0.05, 0) is 31.0 Å². The number of aliphatic hydroxyl groups is 1. The summed E-state index contributed by atoms with van der Waals surface area (Å²) in [6.07, 6.45) is 5.47. The van der Waals surface area contributed by atoms with Crippen LogP contribution in [0.3, 0.4) is 0 Å². The van der Waals surface area contributed by atoms with Crippen molar-refractivity contribution in [1.82, 2.24) is 9.80 Å². The highest BCUT2D eigenvalue weighted by molar-refractivity contribution is 5.95. The maximum absolute atomic E-state index is 13.0. The molecule has 142 valence electrons. The van der Waals surface area contributed by atoms with Crippen LogP contribution in [0.1, 0.15) is 47.7 Å². The molecule has 1 aromatic rings. The second-order valence-electron chi connectivity index (χ2n) is 7.44. The topological polar surface area (TPSA) is 47.0 Å². The van der Waals surface area contributed by atoms with E-state index in [9.17, 15) is 9.90 Å². The minimum Gasteiger partial charge on any atom is -0.388 e. The van der Waals surface area contributed by atoms with Gasteiger partial charge in [0.05, 0.1) is 6.10 Å². The number of rotatable bonds is 3. The highest BCUT2D eigenvalue weighted by Crippen LogP contribution is 2.32. The molecule has 0 saturated carbocycles. The highest BCUT2D eigenvalue weighted by Gasteiger charge is 2.24. The summed E-state index contributed by atoms with van der Waals surface area (Å²) < 4.78 is 0. The monoisotopic (exact) mass is 357 g/mol. The minimum absolute atomic E-state index is 0.0702. The quantitative estimate of drug-likeness (QED) is 0.845. The van der Waals surface area contributed by atoms with Gasteiger partial charge in [-0.1, -0.05) is 18.9 Å². The number of carbonyl (C=O) groups excluding carboxylic acids is 1. The van der Waals surface area contributed by atoms with Gasteiger partial charge in [-0.3, -0.25) is 9.69 Å². The largest absolute Gasteiger partial charge is 0.388 e. The van der Waals surface area contributed by atoms with Crippen LogP contribution >= 0.6 is 0 Å². The molecule has 1 saturated heterocycles. The van der Waals surface area contributed by atoms with Gasteiger partial charge in [0.2, 0.25) is 0 Å². The van der Waals surface area contributed by atoms with Crippen molar-refractivity contribution in [2.45, 2.75) is 31.8 Å². The van der Waals surface area contributed by atoms with Crippen LogP contribution in [-0.4, -0.2) is 67.1 Å². The number of carbonyl (C=O) groups is 1. The SMILES string of the molecule is C=CCN1CCN(C(=O)c2ccc3c(c2)C(O)CCCCCN3C)CC1. The number of anilines is 1. The molecule has 2 aliphatic rings. The zero-order valence-electron chi connectivity index (χ0n) is 15.9. The van der Waals surface area contributed by atoms with Gasteiger partial charge >= 0.3 is 0 Å². The Labute approximate surface area is 156 Å². The van der Waals surface area contributed by atoms with E-state index in [1.54, 1.807) is 0 Å². The lowest BCUT2D eigenvalue weighted by molar-refractivity contribution is 0.0650. The molecule has 0 bridgehead atoms. The summed E-state index contributed by atoms with van der Waals surface area (Å²) in [5.41, 5.74) is 2.63. The molecule has 0 radical (unpaired) electrons. The highest BCUT2D eigenvalue weighted by atomic mass is 16.3. The molecule has 26 heavy (non-hydrogen) atoms. The van der Waals surface area contributed by atoms with E-state index in [-0.39, 0.29) is 5.91 Å². The molecular formula is C21H31N3O2. The van der Waals surface area contributed by atoms with Crippen molar-refractivity contribution < 1.29 is 9.90 Å². The summed E-state index contributed by atoms with van der Waals surface area (Å²) in [5.74, 6) is 0.0702. The Morgan fingerprint density at radius 3 is 2.69 bits per heavy atom. The summed E-state index contributed by atoms with van der Waals surface area (Å²) in [5, 5.41) is 10.7. The van der Waals surface area contributed by atoms with E-state index in [4.69, 9.17) is 0 Å². The first-order valence-corrected chi connectivity index (χ1v) is 9.76. The average Bonchev–Trinajstić information content (AvgIpc) is 2.73. The van der Waals surface area contributed by atoms with Crippen molar-refractivity contribution in [2.24, 2.45) is 0 Å². The fourth-order valence-corrected chi connectivity index (χ4v) is 3.94. The Hall–Kier alpha value is -1.85. The maximum atomic E-state index is 13.0. The maximum Gasteiger partial charge on any atom is 0.253 e. The average molecular weight is 357 g/mol. The Morgan fingerprint density at radius 2 is 1.96 bits per heavy atom. The van der Waals surface area contributed by atoms with Crippen LogP contribution in [0.15, 0.2) is 30.9 Å². The Morgan fingerprint density at radius 1 is 1.19 bits per heavy atom. The van der Waals surface area contributed by atoms with E-state index in [0.717, 1.165) is 76.2 Å². The first-order valence-electron chi connectivity index (χ1n) is 9.76. The summed E-state index contributed by atoms with van der Waals surface area (Å²) in [6.45, 7) is 8.89. The Balaban J connectivity index is 1.77. The smallest absolute Gasteiger partial charge is 0.253 e. The minimum atomic E-state index is -0.497. The van der Waals surface area contributed by atoms with Gasteiger partial charge in [-0.25, -0.2) is 0 Å². The fraction of sp³-hybridized carbons (Fsp3) is 0.571. The number of fused-ring (bicyclic) bond motifs is 1. The molecule has 0 aromatic heterocycles. The molecule has 5 heteroatoms. The molecule has 1 N–H and O–H groups in total. The lowest BCUT2D eigenvalue weighted by Crippen LogP contribution is -2.48. The number of benzene rings is 1. The van der Waals surface area contributed by atoms with Crippen molar-refractivity contribution in [2.75, 3.05) is 51.2 Å². The van der Waals surface area contributed by atoms with Crippen molar-refractivity contribution in [3.8, 4) is 0 Å².